The van der Waals surface area contributed by atoms with Crippen LogP contribution in [0.2, 0.25) is 0 Å². The first-order valence-electron chi connectivity index (χ1n) is 11.0. The van der Waals surface area contributed by atoms with Crippen molar-refractivity contribution in [1.29, 1.82) is 0 Å². The highest BCUT2D eigenvalue weighted by molar-refractivity contribution is 7.21. The van der Waals surface area contributed by atoms with Gasteiger partial charge < -0.3 is 5.73 Å². The summed E-state index contributed by atoms with van der Waals surface area (Å²) in [6.07, 6.45) is 4.49. The van der Waals surface area contributed by atoms with Crippen molar-refractivity contribution in [3.05, 3.63) is 41.0 Å². The van der Waals surface area contributed by atoms with E-state index >= 15 is 0 Å². The highest BCUT2D eigenvalue weighted by atomic mass is 32.1. The number of aromatic nitrogens is 2. The Hall–Kier alpha value is -2.48. The van der Waals surface area contributed by atoms with E-state index in [9.17, 15) is 18.0 Å². The van der Waals surface area contributed by atoms with Gasteiger partial charge in [-0.25, -0.2) is 4.98 Å². The summed E-state index contributed by atoms with van der Waals surface area (Å²) in [5, 5.41) is -0.145. The van der Waals surface area contributed by atoms with Gasteiger partial charge in [-0.1, -0.05) is 0 Å². The van der Waals surface area contributed by atoms with Gasteiger partial charge in [-0.15, -0.1) is 11.3 Å². The molecule has 3 aromatic rings. The Morgan fingerprint density at radius 3 is 2.22 bits per heavy atom. The number of hydrogen-bond acceptors (Lipinski definition) is 5. The summed E-state index contributed by atoms with van der Waals surface area (Å²) in [4.78, 5) is 22.7. The van der Waals surface area contributed by atoms with Gasteiger partial charge in [0, 0.05) is 28.8 Å². The lowest BCUT2D eigenvalue weighted by Gasteiger charge is -2.55. The Morgan fingerprint density at radius 1 is 1.06 bits per heavy atom. The summed E-state index contributed by atoms with van der Waals surface area (Å²) < 4.78 is 42.1. The van der Waals surface area contributed by atoms with Crippen molar-refractivity contribution in [3.8, 4) is 11.3 Å². The van der Waals surface area contributed by atoms with Crippen LogP contribution >= 0.6 is 11.3 Å². The Labute approximate surface area is 187 Å². The van der Waals surface area contributed by atoms with Crippen LogP contribution < -0.4 is 5.73 Å². The van der Waals surface area contributed by atoms with E-state index in [1.165, 1.54) is 31.7 Å². The van der Waals surface area contributed by atoms with E-state index in [0.717, 1.165) is 36.7 Å². The minimum absolute atomic E-state index is 0.0596. The summed E-state index contributed by atoms with van der Waals surface area (Å²) in [5.41, 5.74) is 5.65. The smallest absolute Gasteiger partial charge is 0.397 e. The zero-order chi connectivity index (χ0) is 22.3. The predicted molar refractivity (Wildman–Crippen MR) is 117 cm³/mol. The summed E-state index contributed by atoms with van der Waals surface area (Å²) in [7, 11) is 0. The van der Waals surface area contributed by atoms with Crippen LogP contribution in [0.3, 0.4) is 0 Å². The molecule has 0 aliphatic heterocycles. The van der Waals surface area contributed by atoms with Crippen LogP contribution in [0.5, 0.6) is 0 Å². The van der Waals surface area contributed by atoms with Gasteiger partial charge in [0.25, 0.3) is 0 Å². The monoisotopic (exact) mass is 457 g/mol. The van der Waals surface area contributed by atoms with Crippen molar-refractivity contribution in [2.24, 2.45) is 23.2 Å². The van der Waals surface area contributed by atoms with E-state index in [4.69, 9.17) is 5.73 Å². The molecule has 32 heavy (non-hydrogen) atoms. The molecule has 0 spiro atoms. The number of carbonyl (C=O) groups excluding carboxylic acids is 1. The number of rotatable bonds is 3. The number of nitrogen functional groups attached to an aromatic ring is 1. The second-order valence-corrected chi connectivity index (χ2v) is 10.8. The summed E-state index contributed by atoms with van der Waals surface area (Å²) in [6, 6.07) is 4.26. The Bertz CT molecular complexity index is 1200. The summed E-state index contributed by atoms with van der Waals surface area (Å²) in [6.45, 7) is 0. The molecule has 3 aromatic heterocycles. The zero-order valence-corrected chi connectivity index (χ0v) is 18.1. The Morgan fingerprint density at radius 2 is 1.66 bits per heavy atom. The fourth-order valence-electron chi connectivity index (χ4n) is 6.81. The topological polar surface area (TPSA) is 68.9 Å². The van der Waals surface area contributed by atoms with Crippen LogP contribution in [-0.4, -0.2) is 15.8 Å². The molecule has 4 saturated carbocycles. The number of hydrogen-bond donors (Lipinski definition) is 1. The second kappa shape index (κ2) is 6.76. The number of nitrogens with two attached hydrogens (primary N) is 1. The van der Waals surface area contributed by atoms with Crippen molar-refractivity contribution >= 4 is 33.0 Å². The van der Waals surface area contributed by atoms with Crippen LogP contribution in [0.25, 0.3) is 21.5 Å². The van der Waals surface area contributed by atoms with Gasteiger partial charge in [-0.2, -0.15) is 13.2 Å². The average molecular weight is 458 g/mol. The molecule has 4 bridgehead atoms. The average Bonchev–Trinajstić information content (AvgIpc) is 3.08. The third kappa shape index (κ3) is 2.99. The molecular formula is C24H22F3N3OS. The number of nitrogens with zero attached hydrogens (tertiary/aromatic N) is 2. The first kappa shape index (κ1) is 20.1. The molecule has 166 valence electrons. The summed E-state index contributed by atoms with van der Waals surface area (Å²) >= 11 is 1.02. The van der Waals surface area contributed by atoms with Crippen LogP contribution in [0, 0.1) is 23.2 Å². The van der Waals surface area contributed by atoms with Gasteiger partial charge in [0.2, 0.25) is 0 Å². The third-order valence-corrected chi connectivity index (χ3v) is 8.80. The Balaban J connectivity index is 1.50. The van der Waals surface area contributed by atoms with Crippen LogP contribution in [0.15, 0.2) is 30.6 Å². The van der Waals surface area contributed by atoms with Crippen molar-refractivity contribution in [2.45, 2.75) is 44.7 Å². The number of ketones is 1. The van der Waals surface area contributed by atoms with E-state index in [1.807, 2.05) is 0 Å². The molecule has 0 aromatic carbocycles. The number of pyridine rings is 2. The van der Waals surface area contributed by atoms with Crippen LogP contribution in [0.4, 0.5) is 18.9 Å². The number of thiophene rings is 1. The predicted octanol–water partition coefficient (Wildman–Crippen LogP) is 6.36. The molecule has 0 saturated heterocycles. The molecule has 4 aliphatic carbocycles. The normalized spacial score (nSPS) is 29.0. The lowest BCUT2D eigenvalue weighted by molar-refractivity contribution is -0.136. The fraction of sp³-hybridized carbons (Fsp3) is 0.458. The maximum Gasteiger partial charge on any atom is 0.417 e. The maximum atomic E-state index is 14.0. The quantitative estimate of drug-likeness (QED) is 0.465. The van der Waals surface area contributed by atoms with E-state index in [-0.39, 0.29) is 32.3 Å². The number of carbonyl (C=O) groups is 1. The van der Waals surface area contributed by atoms with Crippen LogP contribution in [0.1, 0.15) is 53.8 Å². The van der Waals surface area contributed by atoms with Gasteiger partial charge in [0.1, 0.15) is 4.83 Å². The lowest BCUT2D eigenvalue weighted by atomic mass is 9.48. The fourth-order valence-corrected chi connectivity index (χ4v) is 7.99. The molecule has 0 amide bonds. The second-order valence-electron chi connectivity index (χ2n) is 9.84. The minimum atomic E-state index is -4.61. The SMILES string of the molecule is Nc1c(C(=O)C23CC4CC(CC(C4)C2)C3)sc2nc(-c3ccncc3)cc(C(F)(F)F)c12. The molecule has 4 fully saturated rings. The van der Waals surface area contributed by atoms with E-state index in [2.05, 4.69) is 9.97 Å². The van der Waals surface area contributed by atoms with E-state index in [1.54, 1.807) is 12.1 Å². The standard InChI is InChI=1S/C24H22F3N3OS/c25-24(26,27)16-8-17(15-1-3-29-4-2-15)30-22-18(16)19(28)20(32-22)21(31)23-9-12-5-13(10-23)7-14(6-12)11-23/h1-4,8,12-14H,5-7,9-11,28H2. The molecule has 2 N–H and O–H groups in total. The number of halogens is 3. The van der Waals surface area contributed by atoms with Crippen molar-refractivity contribution in [2.75, 3.05) is 5.73 Å². The third-order valence-electron chi connectivity index (χ3n) is 7.71. The number of Topliss-reactive ketones (excluding diaryl/α,β-unsaturated/α-hetero) is 1. The molecule has 4 nitrogen and oxygen atoms in total. The molecule has 8 heteroatoms. The first-order valence-corrected chi connectivity index (χ1v) is 11.8. The van der Waals surface area contributed by atoms with Gasteiger partial charge >= 0.3 is 6.18 Å². The molecule has 4 aliphatic rings. The maximum absolute atomic E-state index is 14.0. The number of anilines is 1. The molecule has 3 heterocycles. The number of alkyl halides is 3. The van der Waals surface area contributed by atoms with E-state index < -0.39 is 17.2 Å². The molecule has 0 unspecified atom stereocenters. The highest BCUT2D eigenvalue weighted by Crippen LogP contribution is 2.61. The summed E-state index contributed by atoms with van der Waals surface area (Å²) in [5.74, 6) is 1.62. The van der Waals surface area contributed by atoms with Crippen molar-refractivity contribution in [1.82, 2.24) is 9.97 Å². The van der Waals surface area contributed by atoms with Crippen LogP contribution in [-0.2, 0) is 6.18 Å². The lowest BCUT2D eigenvalue weighted by Crippen LogP contribution is -2.49. The molecular weight excluding hydrogens is 435 g/mol. The van der Waals surface area contributed by atoms with E-state index in [0.29, 0.717) is 23.3 Å². The van der Waals surface area contributed by atoms with Gasteiger partial charge in [-0.3, -0.25) is 9.78 Å². The Kier molecular flexibility index (Phi) is 4.26. The molecule has 0 atom stereocenters. The van der Waals surface area contributed by atoms with Gasteiger partial charge in [-0.05, 0) is 74.5 Å². The number of fused-ring (bicyclic) bond motifs is 1. The van der Waals surface area contributed by atoms with Crippen molar-refractivity contribution in [3.63, 3.8) is 0 Å². The van der Waals surface area contributed by atoms with Gasteiger partial charge in [0.05, 0.1) is 21.8 Å². The largest absolute Gasteiger partial charge is 0.417 e. The minimum Gasteiger partial charge on any atom is -0.397 e. The zero-order valence-electron chi connectivity index (χ0n) is 17.3. The molecule has 0 radical (unpaired) electrons. The van der Waals surface area contributed by atoms with Crippen molar-refractivity contribution < 1.29 is 18.0 Å². The van der Waals surface area contributed by atoms with Gasteiger partial charge in [0.15, 0.2) is 5.78 Å². The molecule has 7 rings (SSSR count). The highest BCUT2D eigenvalue weighted by Gasteiger charge is 2.55. The first-order chi connectivity index (χ1) is 15.2.